The molecule has 4 fully saturated rings. The van der Waals surface area contributed by atoms with Crippen LogP contribution in [-0.2, 0) is 19.1 Å². The highest BCUT2D eigenvalue weighted by Crippen LogP contribution is 2.70. The van der Waals surface area contributed by atoms with E-state index in [4.69, 9.17) is 4.74 Å². The molecule has 5 rings (SSSR count). The van der Waals surface area contributed by atoms with Gasteiger partial charge >= 0.3 is 5.97 Å². The molecule has 0 amide bonds. The molecule has 0 heterocycles. The van der Waals surface area contributed by atoms with Crippen LogP contribution in [0.1, 0.15) is 106 Å². The number of carbonyl (C=O) groups excluding carboxylic acids is 3. The fraction of sp³-hybridized carbons (Fsp3) is 0.839. The first-order chi connectivity index (χ1) is 16.7. The Morgan fingerprint density at radius 3 is 2.22 bits per heavy atom. The van der Waals surface area contributed by atoms with E-state index in [1.807, 2.05) is 19.9 Å². The molecule has 36 heavy (non-hydrogen) atoms. The summed E-state index contributed by atoms with van der Waals surface area (Å²) in [5, 5.41) is 0. The molecule has 0 aliphatic heterocycles. The maximum Gasteiger partial charge on any atom is 0.312 e. The number of ketones is 2. The molecule has 0 N–H and O–H groups in total. The Hall–Kier alpha value is -0.720. The Labute approximate surface area is 232 Å². The van der Waals surface area contributed by atoms with E-state index in [0.717, 1.165) is 51.4 Å². The van der Waals surface area contributed by atoms with Gasteiger partial charge < -0.3 is 4.74 Å². The van der Waals surface area contributed by atoms with Gasteiger partial charge in [-0.1, -0.05) is 69.7 Å². The van der Waals surface area contributed by atoms with Gasteiger partial charge in [0.05, 0.1) is 15.9 Å². The third-order valence-corrected chi connectivity index (χ3v) is 12.9. The Kier molecular flexibility index (Phi) is 7.22. The minimum atomic E-state index is -0.512. The van der Waals surface area contributed by atoms with Crippen LogP contribution in [0.4, 0.5) is 0 Å². The van der Waals surface area contributed by atoms with E-state index in [1.165, 1.54) is 12.7 Å². The number of alkyl halides is 1. The fourth-order valence-corrected chi connectivity index (χ4v) is 10.9. The lowest BCUT2D eigenvalue weighted by atomic mass is 9.39. The van der Waals surface area contributed by atoms with Crippen LogP contribution in [0.2, 0.25) is 0 Å². The highest BCUT2D eigenvalue weighted by molar-refractivity contribution is 14.1. The molecule has 0 radical (unpaired) electrons. The van der Waals surface area contributed by atoms with Crippen molar-refractivity contribution in [2.75, 3.05) is 7.11 Å². The maximum absolute atomic E-state index is 14.1. The largest absolute Gasteiger partial charge is 0.469 e. The number of rotatable bonds is 1. The van der Waals surface area contributed by atoms with E-state index in [0.29, 0.717) is 12.2 Å². The van der Waals surface area contributed by atoms with Gasteiger partial charge in [-0.15, -0.1) is 0 Å². The number of allylic oxidation sites excluding steroid dienone is 2. The highest BCUT2D eigenvalue weighted by Gasteiger charge is 2.67. The number of ether oxygens (including phenoxy) is 1. The van der Waals surface area contributed by atoms with Crippen LogP contribution in [0.3, 0.4) is 0 Å². The van der Waals surface area contributed by atoms with Crippen LogP contribution in [0.5, 0.6) is 0 Å². The lowest BCUT2D eigenvalue weighted by Crippen LogP contribution is -2.62. The molecule has 0 aromatic carbocycles. The molecule has 4 saturated carbocycles. The average Bonchev–Trinajstić information content (AvgIpc) is 2.83. The van der Waals surface area contributed by atoms with E-state index in [2.05, 4.69) is 57.2 Å². The number of Topliss-reactive ketones (excluding diaryl/α,β-unsaturated/α-hetero) is 1. The minimum Gasteiger partial charge on any atom is -0.469 e. The molecule has 4 nitrogen and oxygen atoms in total. The SMILES string of the molecule is CC.COC(=O)C12CCC3C(C(=O)C=C4C3(C)CCC3C(C)(I)C(=O)CCC43C)C1CC(C)(C)CC2. The Morgan fingerprint density at radius 2 is 1.58 bits per heavy atom. The second kappa shape index (κ2) is 9.19. The van der Waals surface area contributed by atoms with Gasteiger partial charge in [-0.05, 0) is 98.4 Å². The third-order valence-electron chi connectivity index (χ3n) is 11.5. The van der Waals surface area contributed by atoms with E-state index < -0.39 is 5.41 Å². The predicted molar refractivity (Wildman–Crippen MR) is 152 cm³/mol. The average molecular weight is 611 g/mol. The molecule has 0 saturated heterocycles. The number of fused-ring (bicyclic) bond motifs is 7. The summed E-state index contributed by atoms with van der Waals surface area (Å²) in [7, 11) is 1.51. The normalized spacial score (nSPS) is 47.1. The zero-order valence-electron chi connectivity index (χ0n) is 23.8. The Balaban J connectivity index is 0.00000148. The van der Waals surface area contributed by atoms with E-state index in [-0.39, 0.29) is 55.1 Å². The molecule has 0 aromatic rings. The van der Waals surface area contributed by atoms with Crippen molar-refractivity contribution >= 4 is 40.1 Å². The van der Waals surface area contributed by atoms with Crippen LogP contribution in [0, 0.1) is 45.3 Å². The second-order valence-corrected chi connectivity index (χ2v) is 15.9. The van der Waals surface area contributed by atoms with Gasteiger partial charge in [0.25, 0.3) is 0 Å². The van der Waals surface area contributed by atoms with Crippen LogP contribution in [0.25, 0.3) is 0 Å². The van der Waals surface area contributed by atoms with Crippen LogP contribution in [0.15, 0.2) is 11.6 Å². The molecular weight excluding hydrogens is 563 g/mol. The Morgan fingerprint density at radius 1 is 0.917 bits per heavy atom. The zero-order valence-corrected chi connectivity index (χ0v) is 25.9. The standard InChI is InChI=1S/C29H41IO4.C2H6/c1-25(2)13-14-29(24(33)34-6)12-7-17-23(18(29)16-25)19(31)15-21-26(17,3)10-8-20-27(21,4)11-9-22(32)28(20,5)30;1-2/h15,17-18,20,23H,7-14,16H2,1-6H3;1-2H3. The first kappa shape index (κ1) is 28.3. The summed E-state index contributed by atoms with van der Waals surface area (Å²) in [5.74, 6) is 1.01. The van der Waals surface area contributed by atoms with Gasteiger partial charge in [-0.25, -0.2) is 0 Å². The van der Waals surface area contributed by atoms with Crippen molar-refractivity contribution in [1.29, 1.82) is 0 Å². The molecule has 0 aromatic heterocycles. The summed E-state index contributed by atoms with van der Waals surface area (Å²) in [6, 6.07) is 0. The lowest BCUT2D eigenvalue weighted by molar-refractivity contribution is -0.178. The summed E-state index contributed by atoms with van der Waals surface area (Å²) in [6.07, 6.45) is 10.0. The second-order valence-electron chi connectivity index (χ2n) is 13.7. The van der Waals surface area contributed by atoms with Gasteiger partial charge in [0, 0.05) is 12.3 Å². The topological polar surface area (TPSA) is 60.4 Å². The van der Waals surface area contributed by atoms with Crippen molar-refractivity contribution in [2.24, 2.45) is 45.3 Å². The molecule has 0 spiro atoms. The van der Waals surface area contributed by atoms with Crippen molar-refractivity contribution in [3.8, 4) is 0 Å². The van der Waals surface area contributed by atoms with Gasteiger partial charge in [0.2, 0.25) is 0 Å². The lowest BCUT2D eigenvalue weighted by Gasteiger charge is -2.65. The first-order valence-corrected chi connectivity index (χ1v) is 15.4. The fourth-order valence-electron chi connectivity index (χ4n) is 9.64. The van der Waals surface area contributed by atoms with Gasteiger partial charge in [0.15, 0.2) is 5.78 Å². The molecule has 8 unspecified atom stereocenters. The number of esters is 1. The zero-order chi connectivity index (χ0) is 26.9. The summed E-state index contributed by atoms with van der Waals surface area (Å²) < 4.78 is 5.02. The van der Waals surface area contributed by atoms with Crippen molar-refractivity contribution < 1.29 is 19.1 Å². The van der Waals surface area contributed by atoms with E-state index >= 15 is 0 Å². The first-order valence-electron chi connectivity index (χ1n) is 14.3. The van der Waals surface area contributed by atoms with Gasteiger partial charge in [0.1, 0.15) is 5.78 Å². The summed E-state index contributed by atoms with van der Waals surface area (Å²) in [4.78, 5) is 40.2. The molecular formula is C31H47IO4. The van der Waals surface area contributed by atoms with Crippen LogP contribution < -0.4 is 0 Å². The predicted octanol–water partition coefficient (Wildman–Crippen LogP) is 7.51. The summed E-state index contributed by atoms with van der Waals surface area (Å²) in [5.41, 5.74) is 0.785. The van der Waals surface area contributed by atoms with Crippen LogP contribution >= 0.6 is 22.6 Å². The molecule has 5 heteroatoms. The number of carbonyl (C=O) groups is 3. The molecule has 8 atom stereocenters. The maximum atomic E-state index is 14.1. The summed E-state index contributed by atoms with van der Waals surface area (Å²) in [6.45, 7) is 15.4. The van der Waals surface area contributed by atoms with Crippen molar-refractivity contribution in [3.63, 3.8) is 0 Å². The van der Waals surface area contributed by atoms with Crippen molar-refractivity contribution in [2.45, 2.75) is 110 Å². The molecule has 0 bridgehead atoms. The molecule has 5 aliphatic carbocycles. The monoisotopic (exact) mass is 610 g/mol. The van der Waals surface area contributed by atoms with E-state index in [9.17, 15) is 14.4 Å². The van der Waals surface area contributed by atoms with Crippen molar-refractivity contribution in [3.05, 3.63) is 11.6 Å². The third kappa shape index (κ3) is 3.82. The molecule has 202 valence electrons. The number of halogens is 1. The number of methoxy groups -OCH3 is 1. The van der Waals surface area contributed by atoms with Crippen molar-refractivity contribution in [1.82, 2.24) is 0 Å². The van der Waals surface area contributed by atoms with Gasteiger partial charge in [-0.2, -0.15) is 0 Å². The molecule has 5 aliphatic rings. The number of hydrogen-bond acceptors (Lipinski definition) is 4. The van der Waals surface area contributed by atoms with Crippen LogP contribution in [-0.4, -0.2) is 28.1 Å². The van der Waals surface area contributed by atoms with E-state index in [1.54, 1.807) is 0 Å². The smallest absolute Gasteiger partial charge is 0.312 e. The quantitative estimate of drug-likeness (QED) is 0.175. The number of hydrogen-bond donors (Lipinski definition) is 0. The van der Waals surface area contributed by atoms with Gasteiger partial charge in [-0.3, -0.25) is 14.4 Å². The highest BCUT2D eigenvalue weighted by atomic mass is 127. The Bertz CT molecular complexity index is 979. The summed E-state index contributed by atoms with van der Waals surface area (Å²) >= 11 is 2.40. The minimum absolute atomic E-state index is 0.0409.